The van der Waals surface area contributed by atoms with Crippen LogP contribution in [0.2, 0.25) is 10.0 Å². The van der Waals surface area contributed by atoms with Crippen molar-refractivity contribution in [1.29, 1.82) is 0 Å². The van der Waals surface area contributed by atoms with Gasteiger partial charge in [0.1, 0.15) is 16.0 Å². The fourth-order valence-electron chi connectivity index (χ4n) is 6.58. The SMILES string of the molecule is COc1c(Br)c(OC)c2ccccc2c1C(=O)N(C)CC(CCN1CCC(c2ccccc2[S@](C)=O)CC1)c1ccc(Cl)c(Cl)c1. The molecular weight excluding hydrogens is 707 g/mol. The minimum Gasteiger partial charge on any atom is -0.495 e. The Kier molecular flexibility index (Phi) is 11.7. The second-order valence-electron chi connectivity index (χ2n) is 11.8. The number of carbonyl (C=O) groups excluding carboxylic acids is 1. The molecule has 0 aliphatic carbocycles. The first kappa shape index (κ1) is 34.7. The van der Waals surface area contributed by atoms with E-state index in [0.29, 0.717) is 44.0 Å². The summed E-state index contributed by atoms with van der Waals surface area (Å²) in [7, 11) is 4.00. The summed E-state index contributed by atoms with van der Waals surface area (Å²) >= 11 is 16.4. The average molecular weight is 747 g/mol. The molecule has 0 N–H and O–H groups in total. The molecule has 1 fully saturated rings. The van der Waals surface area contributed by atoms with Crippen LogP contribution < -0.4 is 9.47 Å². The number of halogens is 3. The number of piperidine rings is 1. The fraction of sp³-hybridized carbons (Fsp3) is 0.361. The fourth-order valence-corrected chi connectivity index (χ4v) is 8.45. The van der Waals surface area contributed by atoms with Crippen molar-refractivity contribution in [3.63, 3.8) is 0 Å². The molecule has 0 bridgehead atoms. The molecule has 46 heavy (non-hydrogen) atoms. The largest absolute Gasteiger partial charge is 0.495 e. The van der Waals surface area contributed by atoms with Crippen molar-refractivity contribution in [1.82, 2.24) is 9.80 Å². The summed E-state index contributed by atoms with van der Waals surface area (Å²) in [4.78, 5) is 19.4. The summed E-state index contributed by atoms with van der Waals surface area (Å²) in [5, 5.41) is 2.59. The third-order valence-electron chi connectivity index (χ3n) is 8.99. The third kappa shape index (κ3) is 7.42. The van der Waals surface area contributed by atoms with Gasteiger partial charge in [0, 0.05) is 41.4 Å². The summed E-state index contributed by atoms with van der Waals surface area (Å²) in [5.74, 6) is 1.34. The van der Waals surface area contributed by atoms with Crippen molar-refractivity contribution in [2.75, 3.05) is 53.7 Å². The molecule has 1 aliphatic heterocycles. The van der Waals surface area contributed by atoms with Crippen LogP contribution in [0.3, 0.4) is 0 Å². The Morgan fingerprint density at radius 2 is 1.63 bits per heavy atom. The summed E-state index contributed by atoms with van der Waals surface area (Å²) in [6.45, 7) is 3.27. The van der Waals surface area contributed by atoms with E-state index in [9.17, 15) is 9.00 Å². The van der Waals surface area contributed by atoms with Crippen LogP contribution in [-0.4, -0.2) is 73.6 Å². The molecule has 0 radical (unpaired) electrons. The van der Waals surface area contributed by atoms with Gasteiger partial charge in [-0.15, -0.1) is 0 Å². The minimum absolute atomic E-state index is 0.0172. The molecule has 0 aromatic heterocycles. The zero-order chi connectivity index (χ0) is 33.0. The first-order valence-corrected chi connectivity index (χ1v) is 18.4. The number of likely N-dealkylation sites (tertiary alicyclic amines) is 1. The molecule has 6 nitrogen and oxygen atoms in total. The van der Waals surface area contributed by atoms with Gasteiger partial charge in [0.15, 0.2) is 0 Å². The molecule has 4 aromatic carbocycles. The lowest BCUT2D eigenvalue weighted by atomic mass is 9.88. The maximum absolute atomic E-state index is 14.2. The number of fused-ring (bicyclic) bond motifs is 1. The first-order chi connectivity index (χ1) is 22.1. The second-order valence-corrected chi connectivity index (χ2v) is 14.7. The van der Waals surface area contributed by atoms with Crippen LogP contribution in [0.1, 0.15) is 52.6 Å². The van der Waals surface area contributed by atoms with E-state index in [0.717, 1.165) is 60.1 Å². The van der Waals surface area contributed by atoms with Crippen LogP contribution in [-0.2, 0) is 10.8 Å². The highest BCUT2D eigenvalue weighted by Crippen LogP contribution is 2.45. The quantitative estimate of drug-likeness (QED) is 0.154. The molecule has 244 valence electrons. The number of methoxy groups -OCH3 is 2. The van der Waals surface area contributed by atoms with Crippen LogP contribution in [0.25, 0.3) is 10.8 Å². The predicted octanol–water partition coefficient (Wildman–Crippen LogP) is 8.79. The lowest BCUT2D eigenvalue weighted by Crippen LogP contribution is -2.36. The van der Waals surface area contributed by atoms with Gasteiger partial charge in [-0.25, -0.2) is 0 Å². The van der Waals surface area contributed by atoms with Crippen molar-refractivity contribution in [2.45, 2.75) is 36.0 Å². The number of rotatable bonds is 11. The number of amides is 1. The van der Waals surface area contributed by atoms with E-state index in [1.54, 1.807) is 25.4 Å². The zero-order valence-electron chi connectivity index (χ0n) is 26.5. The van der Waals surface area contributed by atoms with E-state index >= 15 is 0 Å². The van der Waals surface area contributed by atoms with E-state index in [-0.39, 0.29) is 11.8 Å². The van der Waals surface area contributed by atoms with Crippen LogP contribution in [0, 0.1) is 0 Å². The monoisotopic (exact) mass is 744 g/mol. The third-order valence-corrected chi connectivity index (χ3v) is 11.4. The molecule has 0 spiro atoms. The molecule has 1 amide bonds. The molecule has 1 heterocycles. The lowest BCUT2D eigenvalue weighted by molar-refractivity contribution is 0.0780. The molecule has 1 aliphatic rings. The molecule has 5 rings (SSSR count). The van der Waals surface area contributed by atoms with Crippen molar-refractivity contribution in [2.24, 2.45) is 0 Å². The Morgan fingerprint density at radius 1 is 0.978 bits per heavy atom. The highest BCUT2D eigenvalue weighted by atomic mass is 79.9. The van der Waals surface area contributed by atoms with Gasteiger partial charge in [-0.2, -0.15) is 0 Å². The summed E-state index contributed by atoms with van der Waals surface area (Å²) in [5.41, 5.74) is 2.73. The number of ether oxygens (including phenoxy) is 2. The van der Waals surface area contributed by atoms with E-state index in [1.165, 1.54) is 5.56 Å². The highest BCUT2D eigenvalue weighted by molar-refractivity contribution is 9.10. The Bertz CT molecular complexity index is 1750. The van der Waals surface area contributed by atoms with Crippen LogP contribution in [0.15, 0.2) is 76.1 Å². The Labute approximate surface area is 292 Å². The highest BCUT2D eigenvalue weighted by Gasteiger charge is 2.29. The van der Waals surface area contributed by atoms with Gasteiger partial charge in [-0.05, 0) is 90.1 Å². The second kappa shape index (κ2) is 15.5. The zero-order valence-corrected chi connectivity index (χ0v) is 30.4. The van der Waals surface area contributed by atoms with E-state index in [4.69, 9.17) is 32.7 Å². The van der Waals surface area contributed by atoms with Crippen molar-refractivity contribution in [3.05, 3.63) is 97.9 Å². The number of benzene rings is 4. The average Bonchev–Trinajstić information content (AvgIpc) is 3.07. The van der Waals surface area contributed by atoms with Gasteiger partial charge in [-0.1, -0.05) is 71.7 Å². The molecule has 0 saturated carbocycles. The number of hydrogen-bond acceptors (Lipinski definition) is 5. The maximum atomic E-state index is 14.2. The van der Waals surface area contributed by atoms with E-state index in [1.807, 2.05) is 67.7 Å². The van der Waals surface area contributed by atoms with Gasteiger partial charge >= 0.3 is 0 Å². The summed E-state index contributed by atoms with van der Waals surface area (Å²) < 4.78 is 24.4. The van der Waals surface area contributed by atoms with Crippen molar-refractivity contribution in [3.8, 4) is 11.5 Å². The van der Waals surface area contributed by atoms with Crippen molar-refractivity contribution >= 4 is 66.6 Å². The Hall–Kier alpha value is -2.62. The van der Waals surface area contributed by atoms with Crippen LogP contribution >= 0.6 is 39.1 Å². The lowest BCUT2D eigenvalue weighted by Gasteiger charge is -2.34. The first-order valence-electron chi connectivity index (χ1n) is 15.3. The minimum atomic E-state index is -1.01. The van der Waals surface area contributed by atoms with Crippen molar-refractivity contribution < 1.29 is 18.5 Å². The molecule has 1 saturated heterocycles. The summed E-state index contributed by atoms with van der Waals surface area (Å²) in [6.07, 6.45) is 4.62. The van der Waals surface area contributed by atoms with E-state index < -0.39 is 10.8 Å². The number of hydrogen-bond donors (Lipinski definition) is 0. The number of carbonyl (C=O) groups is 1. The Morgan fingerprint density at radius 3 is 2.28 bits per heavy atom. The molecule has 4 aromatic rings. The van der Waals surface area contributed by atoms with Gasteiger partial charge < -0.3 is 19.3 Å². The predicted molar refractivity (Wildman–Crippen MR) is 193 cm³/mol. The van der Waals surface area contributed by atoms with Crippen LogP contribution in [0.5, 0.6) is 11.5 Å². The van der Waals surface area contributed by atoms with E-state index in [2.05, 4.69) is 26.9 Å². The maximum Gasteiger partial charge on any atom is 0.258 e. The van der Waals surface area contributed by atoms with Gasteiger partial charge in [0.25, 0.3) is 5.91 Å². The molecule has 1 unspecified atom stereocenters. The number of nitrogens with zero attached hydrogens (tertiary/aromatic N) is 2. The van der Waals surface area contributed by atoms with Gasteiger partial charge in [0.05, 0.1) is 40.6 Å². The molecule has 10 heteroatoms. The summed E-state index contributed by atoms with van der Waals surface area (Å²) in [6, 6.07) is 21.6. The standard InChI is InChI=1S/C36H39BrCl2N2O4S/c1-40(36(42)32-27-10-5-6-11-28(27)34(44-2)33(37)35(32)45-3)22-25(24-13-14-29(38)30(39)21-24)17-20-41-18-15-23(16-19-41)26-9-7-8-12-31(26)46(4)43/h5-14,21,23,25H,15-20,22H2,1-4H3/t25?,46-/m0/s1. The van der Waals surface area contributed by atoms with Crippen LogP contribution in [0.4, 0.5) is 0 Å². The molecule has 2 atom stereocenters. The molecular formula is C36H39BrCl2N2O4S. The smallest absolute Gasteiger partial charge is 0.258 e. The van der Waals surface area contributed by atoms with Gasteiger partial charge in [-0.3, -0.25) is 9.00 Å². The normalized spacial score (nSPS) is 15.5. The van der Waals surface area contributed by atoms with Gasteiger partial charge in [0.2, 0.25) is 0 Å². The number of likely N-dealkylation sites (N-methyl/N-ethyl adjacent to an activating group) is 1. The Balaban J connectivity index is 1.36. The topological polar surface area (TPSA) is 59.1 Å².